The number of rotatable bonds is 4. The van der Waals surface area contributed by atoms with E-state index in [9.17, 15) is 9.59 Å². The second kappa shape index (κ2) is 9.41. The minimum absolute atomic E-state index is 0.000741. The summed E-state index contributed by atoms with van der Waals surface area (Å²) in [4.78, 5) is 29.9. The molecule has 6 nitrogen and oxygen atoms in total. The van der Waals surface area contributed by atoms with Crippen molar-refractivity contribution in [2.45, 2.75) is 45.6 Å². The summed E-state index contributed by atoms with van der Waals surface area (Å²) in [6.45, 7) is 5.88. The van der Waals surface area contributed by atoms with Gasteiger partial charge in [0, 0.05) is 24.7 Å². The summed E-state index contributed by atoms with van der Waals surface area (Å²) < 4.78 is 6.01. The van der Waals surface area contributed by atoms with E-state index in [1.165, 1.54) is 0 Å². The summed E-state index contributed by atoms with van der Waals surface area (Å²) in [5.41, 5.74) is 2.86. The molecule has 1 N–H and O–H groups in total. The van der Waals surface area contributed by atoms with Gasteiger partial charge >= 0.3 is 6.03 Å². The number of para-hydroxylation sites is 3. The van der Waals surface area contributed by atoms with Gasteiger partial charge in [-0.25, -0.2) is 4.79 Å². The minimum Gasteiger partial charge on any atom is -0.486 e. The number of likely N-dealkylation sites (tertiary alicyclic amines) is 1. The fourth-order valence-corrected chi connectivity index (χ4v) is 4.38. The van der Waals surface area contributed by atoms with Crippen LogP contribution >= 0.6 is 0 Å². The predicted molar refractivity (Wildman–Crippen MR) is 123 cm³/mol. The first-order chi connectivity index (χ1) is 15.1. The van der Waals surface area contributed by atoms with Crippen LogP contribution in [0, 0.1) is 5.92 Å². The lowest BCUT2D eigenvalue weighted by molar-refractivity contribution is -0.121. The molecule has 0 aromatic heterocycles. The van der Waals surface area contributed by atoms with Crippen molar-refractivity contribution in [2.75, 3.05) is 29.9 Å². The van der Waals surface area contributed by atoms with Gasteiger partial charge in [-0.05, 0) is 49.4 Å². The van der Waals surface area contributed by atoms with Crippen LogP contribution in [-0.4, -0.2) is 42.6 Å². The molecule has 2 aromatic rings. The summed E-state index contributed by atoms with van der Waals surface area (Å²) in [6.07, 6.45) is 3.08. The van der Waals surface area contributed by atoms with Gasteiger partial charge in [-0.3, -0.25) is 9.69 Å². The molecule has 0 spiro atoms. The fraction of sp³-hybridized carbons (Fsp3) is 0.440. The van der Waals surface area contributed by atoms with Gasteiger partial charge in [-0.1, -0.05) is 44.2 Å². The van der Waals surface area contributed by atoms with E-state index in [-0.39, 0.29) is 24.0 Å². The number of fused-ring (bicyclic) bond motifs is 1. The molecule has 1 fully saturated rings. The van der Waals surface area contributed by atoms with Crippen molar-refractivity contribution >= 4 is 23.3 Å². The minimum atomic E-state index is -0.0747. The number of hydrogen-bond donors (Lipinski definition) is 1. The van der Waals surface area contributed by atoms with Crippen molar-refractivity contribution in [3.05, 3.63) is 54.1 Å². The SMILES string of the molecule is CCc1ccccc1NC(=O)C1CCN(C(=O)N2C[C@@H](CC)Oc3ccccc32)CC1. The van der Waals surface area contributed by atoms with Gasteiger partial charge < -0.3 is 15.0 Å². The van der Waals surface area contributed by atoms with Crippen molar-refractivity contribution in [1.29, 1.82) is 0 Å². The summed E-state index contributed by atoms with van der Waals surface area (Å²) in [6, 6.07) is 15.7. The average Bonchev–Trinajstić information content (AvgIpc) is 2.83. The summed E-state index contributed by atoms with van der Waals surface area (Å²) >= 11 is 0. The zero-order valence-corrected chi connectivity index (χ0v) is 18.3. The predicted octanol–water partition coefficient (Wildman–Crippen LogP) is 4.70. The maximum absolute atomic E-state index is 13.3. The first kappa shape index (κ1) is 21.2. The molecular weight excluding hydrogens is 390 g/mol. The summed E-state index contributed by atoms with van der Waals surface area (Å²) in [5.74, 6) is 0.739. The molecule has 1 saturated heterocycles. The van der Waals surface area contributed by atoms with Crippen LogP contribution in [0.3, 0.4) is 0 Å². The Morgan fingerprint density at radius 3 is 2.48 bits per heavy atom. The van der Waals surface area contributed by atoms with Crippen molar-refractivity contribution in [3.63, 3.8) is 0 Å². The smallest absolute Gasteiger partial charge is 0.324 e. The Labute approximate surface area is 184 Å². The molecule has 2 aliphatic rings. The third kappa shape index (κ3) is 4.53. The van der Waals surface area contributed by atoms with E-state index >= 15 is 0 Å². The van der Waals surface area contributed by atoms with Crippen LogP contribution in [0.4, 0.5) is 16.2 Å². The highest BCUT2D eigenvalue weighted by atomic mass is 16.5. The second-order valence-corrected chi connectivity index (χ2v) is 8.27. The quantitative estimate of drug-likeness (QED) is 0.779. The van der Waals surface area contributed by atoms with E-state index in [1.54, 1.807) is 0 Å². The number of anilines is 2. The molecule has 2 heterocycles. The highest BCUT2D eigenvalue weighted by molar-refractivity contribution is 5.95. The van der Waals surface area contributed by atoms with E-state index in [2.05, 4.69) is 19.2 Å². The topological polar surface area (TPSA) is 61.9 Å². The zero-order chi connectivity index (χ0) is 21.8. The number of nitrogens with one attached hydrogen (secondary N) is 1. The molecule has 31 heavy (non-hydrogen) atoms. The van der Waals surface area contributed by atoms with Gasteiger partial charge in [-0.2, -0.15) is 0 Å². The molecule has 0 radical (unpaired) electrons. The fourth-order valence-electron chi connectivity index (χ4n) is 4.38. The van der Waals surface area contributed by atoms with Crippen molar-refractivity contribution in [2.24, 2.45) is 5.92 Å². The highest BCUT2D eigenvalue weighted by Gasteiger charge is 2.34. The van der Waals surface area contributed by atoms with Crippen molar-refractivity contribution in [1.82, 2.24) is 4.90 Å². The highest BCUT2D eigenvalue weighted by Crippen LogP contribution is 2.35. The normalized spacial score (nSPS) is 18.8. The first-order valence-electron chi connectivity index (χ1n) is 11.3. The second-order valence-electron chi connectivity index (χ2n) is 8.27. The van der Waals surface area contributed by atoms with Gasteiger partial charge in [0.15, 0.2) is 0 Å². The third-order valence-corrected chi connectivity index (χ3v) is 6.31. The molecule has 0 bridgehead atoms. The Morgan fingerprint density at radius 2 is 1.74 bits per heavy atom. The molecule has 2 aliphatic heterocycles. The maximum Gasteiger partial charge on any atom is 0.324 e. The first-order valence-corrected chi connectivity index (χ1v) is 11.3. The molecule has 2 aromatic carbocycles. The van der Waals surface area contributed by atoms with Crippen LogP contribution in [0.5, 0.6) is 5.75 Å². The van der Waals surface area contributed by atoms with Crippen molar-refractivity contribution < 1.29 is 14.3 Å². The Morgan fingerprint density at radius 1 is 1.03 bits per heavy atom. The van der Waals surface area contributed by atoms with E-state index in [0.29, 0.717) is 32.5 Å². The molecule has 3 amide bonds. The van der Waals surface area contributed by atoms with Crippen molar-refractivity contribution in [3.8, 4) is 5.75 Å². The molecule has 6 heteroatoms. The van der Waals surface area contributed by atoms with Crippen LogP contribution in [0.1, 0.15) is 38.7 Å². The molecule has 0 saturated carbocycles. The van der Waals surface area contributed by atoms with E-state index in [0.717, 1.165) is 35.5 Å². The van der Waals surface area contributed by atoms with Gasteiger partial charge in [-0.15, -0.1) is 0 Å². The number of aryl methyl sites for hydroxylation is 1. The number of hydrogen-bond acceptors (Lipinski definition) is 3. The number of benzene rings is 2. The van der Waals surface area contributed by atoms with E-state index in [1.807, 2.05) is 58.3 Å². The summed E-state index contributed by atoms with van der Waals surface area (Å²) in [7, 11) is 0. The standard InChI is InChI=1S/C25H31N3O3/c1-3-18-9-5-6-10-21(18)26-24(29)19-13-15-27(16-14-19)25(30)28-17-20(4-2)31-23-12-8-7-11-22(23)28/h5-12,19-20H,3-4,13-17H2,1-2H3,(H,26,29)/t20-/m1/s1. The number of carbonyl (C=O) groups excluding carboxylic acids is 2. The summed E-state index contributed by atoms with van der Waals surface area (Å²) in [5, 5.41) is 3.10. The number of amides is 3. The molecule has 4 rings (SSSR count). The third-order valence-electron chi connectivity index (χ3n) is 6.31. The zero-order valence-electron chi connectivity index (χ0n) is 18.3. The Hall–Kier alpha value is -3.02. The van der Waals surface area contributed by atoms with Crippen LogP contribution in [-0.2, 0) is 11.2 Å². The lowest BCUT2D eigenvalue weighted by Crippen LogP contribution is -2.52. The van der Waals surface area contributed by atoms with E-state index in [4.69, 9.17) is 4.74 Å². The molecule has 164 valence electrons. The van der Waals surface area contributed by atoms with Crippen LogP contribution in [0.2, 0.25) is 0 Å². The van der Waals surface area contributed by atoms with Crippen LogP contribution < -0.4 is 15.0 Å². The monoisotopic (exact) mass is 421 g/mol. The van der Waals surface area contributed by atoms with Gasteiger partial charge in [0.05, 0.1) is 12.2 Å². The number of urea groups is 1. The van der Waals surface area contributed by atoms with Crippen LogP contribution in [0.25, 0.3) is 0 Å². The lowest BCUT2D eigenvalue weighted by Gasteiger charge is -2.39. The Balaban J connectivity index is 1.38. The molecule has 0 aliphatic carbocycles. The lowest BCUT2D eigenvalue weighted by atomic mass is 9.95. The Kier molecular flexibility index (Phi) is 6.44. The largest absolute Gasteiger partial charge is 0.486 e. The maximum atomic E-state index is 13.3. The molecule has 1 atom stereocenters. The average molecular weight is 422 g/mol. The van der Waals surface area contributed by atoms with Gasteiger partial charge in [0.2, 0.25) is 5.91 Å². The number of carbonyl (C=O) groups is 2. The van der Waals surface area contributed by atoms with E-state index < -0.39 is 0 Å². The van der Waals surface area contributed by atoms with Gasteiger partial charge in [0.1, 0.15) is 11.9 Å². The number of nitrogens with zero attached hydrogens (tertiary/aromatic N) is 2. The van der Waals surface area contributed by atoms with Crippen LogP contribution in [0.15, 0.2) is 48.5 Å². The number of piperidine rings is 1. The number of ether oxygens (including phenoxy) is 1. The Bertz CT molecular complexity index is 937. The molecule has 0 unspecified atom stereocenters. The molecular formula is C25H31N3O3. The van der Waals surface area contributed by atoms with Gasteiger partial charge in [0.25, 0.3) is 0 Å².